The van der Waals surface area contributed by atoms with E-state index in [9.17, 15) is 4.79 Å². The average Bonchev–Trinajstić information content (AvgIpc) is 2.62. The lowest BCUT2D eigenvalue weighted by atomic mass is 10.1. The van der Waals surface area contributed by atoms with Gasteiger partial charge in [-0.2, -0.15) is 0 Å². The number of nitrogens with zero attached hydrogens (tertiary/aromatic N) is 3. The van der Waals surface area contributed by atoms with E-state index >= 15 is 0 Å². The van der Waals surface area contributed by atoms with E-state index < -0.39 is 0 Å². The number of rotatable bonds is 2. The van der Waals surface area contributed by atoms with Crippen molar-refractivity contribution in [3.8, 4) is 0 Å². The Morgan fingerprint density at radius 3 is 2.30 bits per heavy atom. The fourth-order valence-electron chi connectivity index (χ4n) is 3.27. The first-order chi connectivity index (χ1) is 11.2. The monoisotopic (exact) mass is 337 g/mol. The van der Waals surface area contributed by atoms with E-state index in [1.807, 2.05) is 28.0 Å². The van der Waals surface area contributed by atoms with Crippen LogP contribution in [-0.2, 0) is 4.74 Å². The number of carbonyl (C=O) groups excluding carboxylic acids is 1. The molecule has 2 saturated heterocycles. The minimum absolute atomic E-state index is 0.151. The predicted molar refractivity (Wildman–Crippen MR) is 90.8 cm³/mol. The van der Waals surface area contributed by atoms with E-state index in [-0.39, 0.29) is 12.1 Å². The standard InChI is InChI=1S/C17H24ClN3O2/c1-14(15-4-2-3-5-16(15)18)19-6-8-20(9-7-19)17(22)21-10-12-23-13-11-21/h2-5,14H,6-13H2,1H3. The van der Waals surface area contributed by atoms with Crippen LogP contribution in [0.4, 0.5) is 4.79 Å². The Hall–Kier alpha value is -1.30. The third-order valence-electron chi connectivity index (χ3n) is 4.77. The third kappa shape index (κ3) is 3.79. The van der Waals surface area contributed by atoms with E-state index in [1.165, 1.54) is 0 Å². The first kappa shape index (κ1) is 16.6. The molecule has 0 bridgehead atoms. The summed E-state index contributed by atoms with van der Waals surface area (Å²) in [4.78, 5) is 18.8. The van der Waals surface area contributed by atoms with Crippen LogP contribution < -0.4 is 0 Å². The van der Waals surface area contributed by atoms with Gasteiger partial charge in [0, 0.05) is 50.3 Å². The molecule has 23 heavy (non-hydrogen) atoms. The fourth-order valence-corrected chi connectivity index (χ4v) is 3.56. The van der Waals surface area contributed by atoms with Crippen molar-refractivity contribution >= 4 is 17.6 Å². The molecule has 5 nitrogen and oxygen atoms in total. The number of hydrogen-bond donors (Lipinski definition) is 0. The molecule has 2 aliphatic rings. The molecule has 126 valence electrons. The highest BCUT2D eigenvalue weighted by Crippen LogP contribution is 2.27. The number of amides is 2. The van der Waals surface area contributed by atoms with Crippen molar-refractivity contribution in [2.24, 2.45) is 0 Å². The van der Waals surface area contributed by atoms with Crippen LogP contribution in [0.1, 0.15) is 18.5 Å². The van der Waals surface area contributed by atoms with E-state index in [1.54, 1.807) is 0 Å². The van der Waals surface area contributed by atoms with Crippen LogP contribution in [0.3, 0.4) is 0 Å². The first-order valence-corrected chi connectivity index (χ1v) is 8.64. The van der Waals surface area contributed by atoms with Crippen LogP contribution in [0.5, 0.6) is 0 Å². The molecule has 1 aromatic rings. The molecular weight excluding hydrogens is 314 g/mol. The summed E-state index contributed by atoms with van der Waals surface area (Å²) < 4.78 is 5.31. The molecular formula is C17H24ClN3O2. The predicted octanol–water partition coefficient (Wildman–Crippen LogP) is 2.47. The topological polar surface area (TPSA) is 36.0 Å². The molecule has 1 unspecified atom stereocenters. The molecule has 2 fully saturated rings. The fraction of sp³-hybridized carbons (Fsp3) is 0.588. The van der Waals surface area contributed by atoms with Crippen molar-refractivity contribution < 1.29 is 9.53 Å². The van der Waals surface area contributed by atoms with E-state index in [0.717, 1.165) is 36.8 Å². The summed E-state index contributed by atoms with van der Waals surface area (Å²) in [6.45, 7) is 8.18. The zero-order chi connectivity index (χ0) is 16.2. The molecule has 1 atom stereocenters. The van der Waals surface area contributed by atoms with Crippen molar-refractivity contribution in [3.63, 3.8) is 0 Å². The second kappa shape index (κ2) is 7.51. The molecule has 0 saturated carbocycles. The lowest BCUT2D eigenvalue weighted by Gasteiger charge is -2.40. The second-order valence-electron chi connectivity index (χ2n) is 6.10. The van der Waals surface area contributed by atoms with Gasteiger partial charge in [0.1, 0.15) is 0 Å². The van der Waals surface area contributed by atoms with Gasteiger partial charge in [0.25, 0.3) is 0 Å². The summed E-state index contributed by atoms with van der Waals surface area (Å²) in [5.74, 6) is 0. The SMILES string of the molecule is CC(c1ccccc1Cl)N1CCN(C(=O)N2CCOCC2)CC1. The van der Waals surface area contributed by atoms with Gasteiger partial charge < -0.3 is 14.5 Å². The number of carbonyl (C=O) groups is 1. The Balaban J connectivity index is 1.55. The molecule has 2 heterocycles. The first-order valence-electron chi connectivity index (χ1n) is 8.27. The summed E-state index contributed by atoms with van der Waals surface area (Å²) in [5.41, 5.74) is 1.15. The summed E-state index contributed by atoms with van der Waals surface area (Å²) in [7, 11) is 0. The summed E-state index contributed by atoms with van der Waals surface area (Å²) >= 11 is 6.31. The molecule has 0 N–H and O–H groups in total. The van der Waals surface area contributed by atoms with Crippen LogP contribution in [0.2, 0.25) is 5.02 Å². The zero-order valence-corrected chi connectivity index (χ0v) is 14.3. The van der Waals surface area contributed by atoms with Crippen molar-refractivity contribution in [1.29, 1.82) is 0 Å². The van der Waals surface area contributed by atoms with Crippen LogP contribution in [0.15, 0.2) is 24.3 Å². The number of morpholine rings is 1. The highest BCUT2D eigenvalue weighted by atomic mass is 35.5. The summed E-state index contributed by atoms with van der Waals surface area (Å²) in [6, 6.07) is 8.42. The minimum atomic E-state index is 0.151. The summed E-state index contributed by atoms with van der Waals surface area (Å²) in [6.07, 6.45) is 0. The zero-order valence-electron chi connectivity index (χ0n) is 13.6. The molecule has 1 aromatic carbocycles. The molecule has 0 spiro atoms. The molecule has 3 rings (SSSR count). The van der Waals surface area contributed by atoms with Gasteiger partial charge >= 0.3 is 6.03 Å². The van der Waals surface area contributed by atoms with Gasteiger partial charge in [-0.15, -0.1) is 0 Å². The molecule has 0 aromatic heterocycles. The Morgan fingerprint density at radius 1 is 1.04 bits per heavy atom. The van der Waals surface area contributed by atoms with Gasteiger partial charge in [-0.1, -0.05) is 29.8 Å². The number of ether oxygens (including phenoxy) is 1. The molecule has 2 aliphatic heterocycles. The van der Waals surface area contributed by atoms with Gasteiger partial charge in [0.2, 0.25) is 0 Å². The van der Waals surface area contributed by atoms with Gasteiger partial charge in [-0.05, 0) is 18.6 Å². The largest absolute Gasteiger partial charge is 0.378 e. The number of hydrogen-bond acceptors (Lipinski definition) is 3. The lowest BCUT2D eigenvalue weighted by molar-refractivity contribution is 0.0352. The number of piperazine rings is 1. The maximum atomic E-state index is 12.5. The van der Waals surface area contributed by atoms with E-state index in [2.05, 4.69) is 17.9 Å². The van der Waals surface area contributed by atoms with E-state index in [4.69, 9.17) is 16.3 Å². The number of halogens is 1. The van der Waals surface area contributed by atoms with Gasteiger partial charge in [-0.25, -0.2) is 4.79 Å². The quantitative estimate of drug-likeness (QED) is 0.831. The smallest absolute Gasteiger partial charge is 0.320 e. The van der Waals surface area contributed by atoms with Crippen LogP contribution in [0.25, 0.3) is 0 Å². The Bertz CT molecular complexity index is 540. The lowest BCUT2D eigenvalue weighted by Crippen LogP contribution is -2.55. The van der Waals surface area contributed by atoms with Crippen LogP contribution in [-0.4, -0.2) is 73.2 Å². The van der Waals surface area contributed by atoms with Crippen LogP contribution >= 0.6 is 11.6 Å². The maximum absolute atomic E-state index is 12.5. The number of benzene rings is 1. The molecule has 6 heteroatoms. The normalized spacial score (nSPS) is 21.3. The molecule has 2 amide bonds. The third-order valence-corrected chi connectivity index (χ3v) is 5.11. The van der Waals surface area contributed by atoms with Crippen molar-refractivity contribution in [3.05, 3.63) is 34.9 Å². The highest BCUT2D eigenvalue weighted by Gasteiger charge is 2.28. The molecule has 0 radical (unpaired) electrons. The highest BCUT2D eigenvalue weighted by molar-refractivity contribution is 6.31. The van der Waals surface area contributed by atoms with Gasteiger partial charge in [0.15, 0.2) is 0 Å². The van der Waals surface area contributed by atoms with Gasteiger partial charge in [0.05, 0.1) is 13.2 Å². The van der Waals surface area contributed by atoms with Gasteiger partial charge in [-0.3, -0.25) is 4.90 Å². The van der Waals surface area contributed by atoms with E-state index in [0.29, 0.717) is 26.3 Å². The second-order valence-corrected chi connectivity index (χ2v) is 6.51. The van der Waals surface area contributed by atoms with Crippen molar-refractivity contribution in [1.82, 2.24) is 14.7 Å². The Kier molecular flexibility index (Phi) is 5.41. The Morgan fingerprint density at radius 2 is 1.65 bits per heavy atom. The minimum Gasteiger partial charge on any atom is -0.378 e. The maximum Gasteiger partial charge on any atom is 0.320 e. The van der Waals surface area contributed by atoms with Crippen molar-refractivity contribution in [2.75, 3.05) is 52.5 Å². The van der Waals surface area contributed by atoms with Crippen molar-refractivity contribution in [2.45, 2.75) is 13.0 Å². The van der Waals surface area contributed by atoms with Crippen LogP contribution in [0, 0.1) is 0 Å². The molecule has 0 aliphatic carbocycles. The summed E-state index contributed by atoms with van der Waals surface area (Å²) in [5, 5.41) is 0.812. The number of urea groups is 1. The average molecular weight is 338 g/mol. The Labute approximate surface area is 142 Å².